The molecule has 0 aliphatic heterocycles. The van der Waals surface area contributed by atoms with Gasteiger partial charge in [-0.3, -0.25) is 0 Å². The van der Waals surface area contributed by atoms with Gasteiger partial charge in [0.15, 0.2) is 0 Å². The summed E-state index contributed by atoms with van der Waals surface area (Å²) in [5.74, 6) is -0.254. The summed E-state index contributed by atoms with van der Waals surface area (Å²) < 4.78 is 13.9. The normalized spacial score (nSPS) is 16.6. The standard InChI is InChI=1S/C12H12BrFN2/c13-10-2-1-9(14)7-11(10)16-8-12(3-4-12)5-6-15/h1-2,7,16H,3-5,8H2. The van der Waals surface area contributed by atoms with Crippen LogP contribution in [0.15, 0.2) is 22.7 Å². The SMILES string of the molecule is N#CCC1(CNc2cc(F)ccc2Br)CC1. The van der Waals surface area contributed by atoms with Gasteiger partial charge in [0, 0.05) is 22.9 Å². The van der Waals surface area contributed by atoms with Crippen LogP contribution in [0.5, 0.6) is 0 Å². The first-order chi connectivity index (χ1) is 7.65. The third-order valence-corrected chi connectivity index (χ3v) is 3.68. The number of hydrogen-bond donors (Lipinski definition) is 1. The second-order valence-electron chi connectivity index (χ2n) is 4.31. The minimum absolute atomic E-state index is 0.126. The molecule has 1 aromatic carbocycles. The quantitative estimate of drug-likeness (QED) is 0.914. The van der Waals surface area contributed by atoms with E-state index in [4.69, 9.17) is 5.26 Å². The molecule has 0 unspecified atom stereocenters. The molecule has 16 heavy (non-hydrogen) atoms. The van der Waals surface area contributed by atoms with Crippen LogP contribution in [0.1, 0.15) is 19.3 Å². The number of halogens is 2. The Kier molecular flexibility index (Phi) is 3.15. The van der Waals surface area contributed by atoms with E-state index in [1.54, 1.807) is 6.07 Å². The van der Waals surface area contributed by atoms with Crippen molar-refractivity contribution in [3.8, 4) is 6.07 Å². The van der Waals surface area contributed by atoms with Crippen LogP contribution in [-0.4, -0.2) is 6.54 Å². The summed E-state index contributed by atoms with van der Waals surface area (Å²) in [6.45, 7) is 0.739. The average molecular weight is 283 g/mol. The lowest BCUT2D eigenvalue weighted by Gasteiger charge is -2.14. The van der Waals surface area contributed by atoms with Crippen LogP contribution in [0, 0.1) is 22.6 Å². The summed E-state index contributed by atoms with van der Waals surface area (Å²) in [4.78, 5) is 0. The number of hydrogen-bond acceptors (Lipinski definition) is 2. The zero-order chi connectivity index (χ0) is 11.6. The molecule has 1 aliphatic rings. The average Bonchev–Trinajstić information content (AvgIpc) is 3.01. The summed E-state index contributed by atoms with van der Waals surface area (Å²) in [6, 6.07) is 6.77. The van der Waals surface area contributed by atoms with Crippen molar-refractivity contribution in [3.63, 3.8) is 0 Å². The Morgan fingerprint density at radius 3 is 2.88 bits per heavy atom. The second-order valence-corrected chi connectivity index (χ2v) is 5.17. The summed E-state index contributed by atoms with van der Waals surface area (Å²) in [7, 11) is 0. The van der Waals surface area contributed by atoms with Crippen molar-refractivity contribution in [2.75, 3.05) is 11.9 Å². The Labute approximate surface area is 103 Å². The Balaban J connectivity index is 2.00. The summed E-state index contributed by atoms with van der Waals surface area (Å²) in [6.07, 6.45) is 2.74. The van der Waals surface area contributed by atoms with E-state index in [1.165, 1.54) is 12.1 Å². The van der Waals surface area contributed by atoms with E-state index in [9.17, 15) is 4.39 Å². The fraction of sp³-hybridized carbons (Fsp3) is 0.417. The molecule has 1 aromatic rings. The molecule has 84 valence electrons. The van der Waals surface area contributed by atoms with E-state index in [0.717, 1.165) is 29.5 Å². The maximum Gasteiger partial charge on any atom is 0.125 e. The van der Waals surface area contributed by atoms with Gasteiger partial charge in [-0.2, -0.15) is 5.26 Å². The molecule has 0 spiro atoms. The third-order valence-electron chi connectivity index (χ3n) is 2.99. The van der Waals surface area contributed by atoms with Crippen LogP contribution in [0.25, 0.3) is 0 Å². The molecule has 0 amide bonds. The second kappa shape index (κ2) is 4.42. The number of benzene rings is 1. The van der Waals surface area contributed by atoms with Gasteiger partial charge in [-0.1, -0.05) is 0 Å². The molecule has 1 N–H and O–H groups in total. The zero-order valence-electron chi connectivity index (χ0n) is 8.76. The molecule has 1 aliphatic carbocycles. The largest absolute Gasteiger partial charge is 0.383 e. The van der Waals surface area contributed by atoms with Crippen molar-refractivity contribution in [2.24, 2.45) is 5.41 Å². The first kappa shape index (κ1) is 11.4. The fourth-order valence-electron chi connectivity index (χ4n) is 1.68. The van der Waals surface area contributed by atoms with Crippen molar-refractivity contribution >= 4 is 21.6 Å². The Morgan fingerprint density at radius 2 is 2.25 bits per heavy atom. The van der Waals surface area contributed by atoms with Gasteiger partial charge in [-0.25, -0.2) is 4.39 Å². The topological polar surface area (TPSA) is 35.8 Å². The van der Waals surface area contributed by atoms with Gasteiger partial charge in [0.2, 0.25) is 0 Å². The van der Waals surface area contributed by atoms with Crippen molar-refractivity contribution in [1.82, 2.24) is 0 Å². The van der Waals surface area contributed by atoms with Gasteiger partial charge in [0.1, 0.15) is 5.82 Å². The van der Waals surface area contributed by atoms with Gasteiger partial charge in [0.25, 0.3) is 0 Å². The maximum atomic E-state index is 13.0. The van der Waals surface area contributed by atoms with Crippen LogP contribution >= 0.6 is 15.9 Å². The summed E-state index contributed by atoms with van der Waals surface area (Å²) in [5.41, 5.74) is 0.879. The van der Waals surface area contributed by atoms with Crippen molar-refractivity contribution in [3.05, 3.63) is 28.5 Å². The smallest absolute Gasteiger partial charge is 0.125 e. The third kappa shape index (κ3) is 2.53. The molecular formula is C12H12BrFN2. The molecule has 2 rings (SSSR count). The van der Waals surface area contributed by atoms with E-state index in [0.29, 0.717) is 6.42 Å². The first-order valence-corrected chi connectivity index (χ1v) is 6.00. The highest BCUT2D eigenvalue weighted by molar-refractivity contribution is 9.10. The maximum absolute atomic E-state index is 13.0. The van der Waals surface area contributed by atoms with E-state index in [-0.39, 0.29) is 11.2 Å². The van der Waals surface area contributed by atoms with E-state index >= 15 is 0 Å². The van der Waals surface area contributed by atoms with Crippen molar-refractivity contribution in [2.45, 2.75) is 19.3 Å². The molecule has 0 radical (unpaired) electrons. The van der Waals surface area contributed by atoms with E-state index < -0.39 is 0 Å². The highest BCUT2D eigenvalue weighted by Gasteiger charge is 2.42. The lowest BCUT2D eigenvalue weighted by molar-refractivity contribution is 0.556. The summed E-state index contributed by atoms with van der Waals surface area (Å²) >= 11 is 3.36. The molecule has 4 heteroatoms. The van der Waals surface area contributed by atoms with E-state index in [1.807, 2.05) is 0 Å². The van der Waals surface area contributed by atoms with Gasteiger partial charge < -0.3 is 5.32 Å². The predicted octanol–water partition coefficient (Wildman–Crippen LogP) is 3.69. The van der Waals surface area contributed by atoms with Crippen LogP contribution in [0.4, 0.5) is 10.1 Å². The minimum Gasteiger partial charge on any atom is -0.383 e. The zero-order valence-corrected chi connectivity index (χ0v) is 10.3. The minimum atomic E-state index is -0.254. The Hall–Kier alpha value is -1.08. The molecular weight excluding hydrogens is 271 g/mol. The van der Waals surface area contributed by atoms with Gasteiger partial charge in [-0.15, -0.1) is 0 Å². The highest BCUT2D eigenvalue weighted by Crippen LogP contribution is 2.48. The monoisotopic (exact) mass is 282 g/mol. The molecule has 0 atom stereocenters. The molecule has 2 nitrogen and oxygen atoms in total. The lowest BCUT2D eigenvalue weighted by atomic mass is 10.0. The number of anilines is 1. The molecule has 0 saturated heterocycles. The van der Waals surface area contributed by atoms with Gasteiger partial charge >= 0.3 is 0 Å². The van der Waals surface area contributed by atoms with E-state index in [2.05, 4.69) is 27.3 Å². The lowest BCUT2D eigenvalue weighted by Crippen LogP contribution is -2.15. The molecule has 0 heterocycles. The van der Waals surface area contributed by atoms with Crippen LogP contribution in [0.2, 0.25) is 0 Å². The number of rotatable bonds is 4. The molecule has 1 saturated carbocycles. The number of nitriles is 1. The van der Waals surface area contributed by atoms with Crippen LogP contribution in [-0.2, 0) is 0 Å². The molecule has 1 fully saturated rings. The van der Waals surface area contributed by atoms with Crippen LogP contribution < -0.4 is 5.32 Å². The van der Waals surface area contributed by atoms with Gasteiger partial charge in [0.05, 0.1) is 11.8 Å². The summed E-state index contributed by atoms with van der Waals surface area (Å²) in [5, 5.41) is 11.9. The number of nitrogens with one attached hydrogen (secondary N) is 1. The van der Waals surface area contributed by atoms with Crippen molar-refractivity contribution < 1.29 is 4.39 Å². The predicted molar refractivity (Wildman–Crippen MR) is 64.5 cm³/mol. The Bertz CT molecular complexity index is 435. The van der Waals surface area contributed by atoms with Crippen LogP contribution in [0.3, 0.4) is 0 Å². The molecule has 0 bridgehead atoms. The van der Waals surface area contributed by atoms with Gasteiger partial charge in [-0.05, 0) is 47.0 Å². The first-order valence-electron chi connectivity index (χ1n) is 5.21. The number of nitrogens with zero attached hydrogens (tertiary/aromatic N) is 1. The molecule has 0 aromatic heterocycles. The fourth-order valence-corrected chi connectivity index (χ4v) is 2.06. The highest BCUT2D eigenvalue weighted by atomic mass is 79.9. The van der Waals surface area contributed by atoms with Crippen molar-refractivity contribution in [1.29, 1.82) is 5.26 Å². The Morgan fingerprint density at radius 1 is 1.50 bits per heavy atom.